The highest BCUT2D eigenvalue weighted by molar-refractivity contribution is 6.30. The van der Waals surface area contributed by atoms with Gasteiger partial charge in [-0.25, -0.2) is 0 Å². The van der Waals surface area contributed by atoms with Crippen molar-refractivity contribution < 1.29 is 4.74 Å². The van der Waals surface area contributed by atoms with E-state index in [1.165, 1.54) is 19.2 Å². The maximum atomic E-state index is 10.1. The first kappa shape index (κ1) is 8.01. The van der Waals surface area contributed by atoms with Gasteiger partial charge in [0.1, 0.15) is 11.4 Å². The Balaban J connectivity index is 3.16. The summed E-state index contributed by atoms with van der Waals surface area (Å²) in [5, 5.41) is 3.27. The molecular formula is C7H6ClNO2. The van der Waals surface area contributed by atoms with Gasteiger partial charge in [0.15, 0.2) is 0 Å². The van der Waals surface area contributed by atoms with Gasteiger partial charge in [-0.05, 0) is 17.3 Å². The van der Waals surface area contributed by atoms with Crippen molar-refractivity contribution >= 4 is 17.3 Å². The van der Waals surface area contributed by atoms with E-state index < -0.39 is 0 Å². The summed E-state index contributed by atoms with van der Waals surface area (Å²) in [5.74, 6) is 0.396. The van der Waals surface area contributed by atoms with E-state index in [2.05, 4.69) is 5.18 Å². The second-order valence-electron chi connectivity index (χ2n) is 1.91. The Morgan fingerprint density at radius 3 is 2.82 bits per heavy atom. The summed E-state index contributed by atoms with van der Waals surface area (Å²) in [6.07, 6.45) is 0. The molecule has 0 unspecified atom stereocenters. The Bertz CT molecular complexity index is 275. The van der Waals surface area contributed by atoms with E-state index in [1.54, 1.807) is 6.07 Å². The van der Waals surface area contributed by atoms with Crippen molar-refractivity contribution in [2.45, 2.75) is 0 Å². The molecule has 0 heterocycles. The summed E-state index contributed by atoms with van der Waals surface area (Å²) in [5.41, 5.74) is 0.261. The van der Waals surface area contributed by atoms with E-state index in [0.29, 0.717) is 10.8 Å². The molecule has 58 valence electrons. The molecule has 1 rings (SSSR count). The molecule has 1 aromatic rings. The highest BCUT2D eigenvalue weighted by Gasteiger charge is 2.02. The molecule has 4 heteroatoms. The van der Waals surface area contributed by atoms with Gasteiger partial charge in [-0.2, -0.15) is 0 Å². The predicted octanol–water partition coefficient (Wildman–Crippen LogP) is 2.75. The average molecular weight is 172 g/mol. The topological polar surface area (TPSA) is 38.7 Å². The largest absolute Gasteiger partial charge is 0.494 e. The van der Waals surface area contributed by atoms with E-state index in [1.807, 2.05) is 0 Å². The zero-order valence-electron chi connectivity index (χ0n) is 5.87. The van der Waals surface area contributed by atoms with Crippen LogP contribution < -0.4 is 4.74 Å². The number of methoxy groups -OCH3 is 1. The van der Waals surface area contributed by atoms with Crippen LogP contribution in [0.3, 0.4) is 0 Å². The van der Waals surface area contributed by atoms with Crippen molar-refractivity contribution in [1.82, 2.24) is 0 Å². The fourth-order valence-corrected chi connectivity index (χ4v) is 0.889. The SMILES string of the molecule is COc1cc(Cl)ccc1N=O. The van der Waals surface area contributed by atoms with Gasteiger partial charge in [0.25, 0.3) is 0 Å². The van der Waals surface area contributed by atoms with Crippen molar-refractivity contribution in [2.75, 3.05) is 7.11 Å². The van der Waals surface area contributed by atoms with Crippen LogP contribution in [0.1, 0.15) is 0 Å². The Morgan fingerprint density at radius 2 is 2.27 bits per heavy atom. The monoisotopic (exact) mass is 171 g/mol. The van der Waals surface area contributed by atoms with Gasteiger partial charge in [0.2, 0.25) is 0 Å². The molecule has 0 aliphatic heterocycles. The normalized spacial score (nSPS) is 9.27. The molecule has 0 spiro atoms. The van der Waals surface area contributed by atoms with Crippen LogP contribution in [-0.4, -0.2) is 7.11 Å². The number of hydrogen-bond acceptors (Lipinski definition) is 3. The fraction of sp³-hybridized carbons (Fsp3) is 0.143. The molecule has 11 heavy (non-hydrogen) atoms. The van der Waals surface area contributed by atoms with Gasteiger partial charge in [0.05, 0.1) is 7.11 Å². The molecule has 0 N–H and O–H groups in total. The molecule has 0 saturated carbocycles. The molecule has 0 saturated heterocycles. The van der Waals surface area contributed by atoms with Crippen LogP contribution in [0.15, 0.2) is 23.4 Å². The number of benzene rings is 1. The van der Waals surface area contributed by atoms with Crippen LogP contribution in [0.4, 0.5) is 5.69 Å². The lowest BCUT2D eigenvalue weighted by molar-refractivity contribution is 0.416. The molecule has 3 nitrogen and oxygen atoms in total. The summed E-state index contributed by atoms with van der Waals surface area (Å²) < 4.78 is 4.84. The lowest BCUT2D eigenvalue weighted by Gasteiger charge is -2.00. The lowest BCUT2D eigenvalue weighted by Crippen LogP contribution is -1.82. The third-order valence-corrected chi connectivity index (χ3v) is 1.48. The molecule has 0 bridgehead atoms. The number of ether oxygens (including phenoxy) is 1. The number of rotatable bonds is 2. The van der Waals surface area contributed by atoms with E-state index in [-0.39, 0.29) is 5.69 Å². The summed E-state index contributed by atoms with van der Waals surface area (Å²) in [6, 6.07) is 4.63. The minimum absolute atomic E-state index is 0.261. The highest BCUT2D eigenvalue weighted by Crippen LogP contribution is 2.29. The number of halogens is 1. The zero-order chi connectivity index (χ0) is 8.27. The number of hydrogen-bond donors (Lipinski definition) is 0. The third kappa shape index (κ3) is 1.68. The van der Waals surface area contributed by atoms with E-state index in [4.69, 9.17) is 16.3 Å². The van der Waals surface area contributed by atoms with Crippen molar-refractivity contribution in [3.05, 3.63) is 28.1 Å². The van der Waals surface area contributed by atoms with Crippen LogP contribution in [0.2, 0.25) is 5.02 Å². The molecule has 0 aliphatic rings. The first-order valence-corrected chi connectivity index (χ1v) is 3.32. The molecule has 0 fully saturated rings. The van der Waals surface area contributed by atoms with E-state index in [9.17, 15) is 4.91 Å². The first-order valence-electron chi connectivity index (χ1n) is 2.95. The molecule has 0 amide bonds. The van der Waals surface area contributed by atoms with Gasteiger partial charge in [-0.1, -0.05) is 11.6 Å². The molecule has 0 atom stereocenters. The summed E-state index contributed by atoms with van der Waals surface area (Å²) >= 11 is 5.63. The number of nitrogens with zero attached hydrogens (tertiary/aromatic N) is 1. The summed E-state index contributed by atoms with van der Waals surface area (Å²) in [4.78, 5) is 10.1. The minimum Gasteiger partial charge on any atom is -0.494 e. The van der Waals surface area contributed by atoms with Gasteiger partial charge < -0.3 is 4.74 Å². The van der Waals surface area contributed by atoms with Gasteiger partial charge in [-0.3, -0.25) is 0 Å². The Hall–Kier alpha value is -1.09. The van der Waals surface area contributed by atoms with Crippen molar-refractivity contribution in [2.24, 2.45) is 5.18 Å². The van der Waals surface area contributed by atoms with E-state index in [0.717, 1.165) is 0 Å². The van der Waals surface area contributed by atoms with Crippen LogP contribution >= 0.6 is 11.6 Å². The zero-order valence-corrected chi connectivity index (χ0v) is 6.63. The standard InChI is InChI=1S/C7H6ClNO2/c1-11-7-4-5(8)2-3-6(7)9-10/h2-4H,1H3. The molecular weight excluding hydrogens is 166 g/mol. The van der Waals surface area contributed by atoms with Crippen LogP contribution in [-0.2, 0) is 0 Å². The predicted molar refractivity (Wildman–Crippen MR) is 43.5 cm³/mol. The van der Waals surface area contributed by atoms with Crippen molar-refractivity contribution in [3.8, 4) is 5.75 Å². The molecule has 0 radical (unpaired) electrons. The maximum Gasteiger partial charge on any atom is 0.149 e. The molecule has 0 aliphatic carbocycles. The van der Waals surface area contributed by atoms with Crippen LogP contribution in [0.5, 0.6) is 5.75 Å². The van der Waals surface area contributed by atoms with Gasteiger partial charge in [-0.15, -0.1) is 4.91 Å². The molecule has 0 aromatic heterocycles. The maximum absolute atomic E-state index is 10.1. The third-order valence-electron chi connectivity index (χ3n) is 1.24. The van der Waals surface area contributed by atoms with Gasteiger partial charge >= 0.3 is 0 Å². The second-order valence-corrected chi connectivity index (χ2v) is 2.34. The average Bonchev–Trinajstić information content (AvgIpc) is 2.04. The Kier molecular flexibility index (Phi) is 2.44. The smallest absolute Gasteiger partial charge is 0.149 e. The minimum atomic E-state index is 0.261. The summed E-state index contributed by atoms with van der Waals surface area (Å²) in [7, 11) is 1.46. The quantitative estimate of drug-likeness (QED) is 0.642. The van der Waals surface area contributed by atoms with Crippen LogP contribution in [0.25, 0.3) is 0 Å². The van der Waals surface area contributed by atoms with Gasteiger partial charge in [0, 0.05) is 11.1 Å². The Labute approximate surface area is 68.9 Å². The highest BCUT2D eigenvalue weighted by atomic mass is 35.5. The second kappa shape index (κ2) is 3.34. The van der Waals surface area contributed by atoms with Crippen molar-refractivity contribution in [3.63, 3.8) is 0 Å². The fourth-order valence-electron chi connectivity index (χ4n) is 0.727. The number of nitroso groups, excluding NO2 is 1. The van der Waals surface area contributed by atoms with E-state index >= 15 is 0 Å². The molecule has 1 aromatic carbocycles. The first-order chi connectivity index (χ1) is 5.27. The van der Waals surface area contributed by atoms with Crippen LogP contribution in [0, 0.1) is 4.91 Å². The summed E-state index contributed by atoms with van der Waals surface area (Å²) in [6.45, 7) is 0. The lowest BCUT2D eigenvalue weighted by atomic mass is 10.3. The van der Waals surface area contributed by atoms with Crippen molar-refractivity contribution in [1.29, 1.82) is 0 Å². The Morgan fingerprint density at radius 1 is 1.55 bits per heavy atom.